The standard InChI is InChI=1S/C21H18N4O/c1-14-7-3-6-10-19(14)25-15(2)17(13-22-25)21(26)24-20-12-11-16-8-4-5-9-18(16)23-20/h3-13H,1-2H3,(H,23,24,26). The number of aromatic nitrogens is 3. The Balaban J connectivity index is 1.63. The van der Waals surface area contributed by atoms with E-state index in [1.165, 1.54) is 0 Å². The number of nitrogens with one attached hydrogen (secondary N) is 1. The molecule has 1 amide bonds. The first kappa shape index (κ1) is 16.0. The zero-order valence-corrected chi connectivity index (χ0v) is 14.6. The molecule has 0 atom stereocenters. The van der Waals surface area contributed by atoms with Crippen LogP contribution >= 0.6 is 0 Å². The highest BCUT2D eigenvalue weighted by molar-refractivity contribution is 6.04. The van der Waals surface area contributed by atoms with Gasteiger partial charge in [0.2, 0.25) is 0 Å². The molecule has 2 heterocycles. The summed E-state index contributed by atoms with van der Waals surface area (Å²) in [6.07, 6.45) is 1.60. The molecule has 5 heteroatoms. The van der Waals surface area contributed by atoms with Crippen molar-refractivity contribution in [1.29, 1.82) is 0 Å². The molecule has 2 aromatic heterocycles. The van der Waals surface area contributed by atoms with E-state index in [1.54, 1.807) is 16.9 Å². The third-order valence-corrected chi connectivity index (χ3v) is 4.44. The molecule has 0 unspecified atom stereocenters. The van der Waals surface area contributed by atoms with Crippen LogP contribution in [0.5, 0.6) is 0 Å². The number of amides is 1. The average Bonchev–Trinajstić information content (AvgIpc) is 3.03. The molecule has 5 nitrogen and oxygen atoms in total. The number of fused-ring (bicyclic) bond motifs is 1. The van der Waals surface area contributed by atoms with Crippen molar-refractivity contribution in [3.63, 3.8) is 0 Å². The lowest BCUT2D eigenvalue weighted by atomic mass is 10.2. The maximum atomic E-state index is 12.7. The lowest BCUT2D eigenvalue weighted by Crippen LogP contribution is -2.14. The maximum Gasteiger partial charge on any atom is 0.260 e. The number of carbonyl (C=O) groups is 1. The van der Waals surface area contributed by atoms with E-state index in [2.05, 4.69) is 15.4 Å². The molecule has 0 aliphatic rings. The molecule has 4 rings (SSSR count). The van der Waals surface area contributed by atoms with Crippen molar-refractivity contribution in [2.24, 2.45) is 0 Å². The Bertz CT molecular complexity index is 1110. The quantitative estimate of drug-likeness (QED) is 0.604. The first-order valence-corrected chi connectivity index (χ1v) is 8.41. The first-order chi connectivity index (χ1) is 12.6. The molecule has 4 aromatic rings. The Morgan fingerprint density at radius 2 is 1.73 bits per heavy atom. The van der Waals surface area contributed by atoms with Gasteiger partial charge in [-0.3, -0.25) is 4.79 Å². The van der Waals surface area contributed by atoms with Gasteiger partial charge in [-0.2, -0.15) is 5.10 Å². The first-order valence-electron chi connectivity index (χ1n) is 8.41. The molecule has 0 aliphatic carbocycles. The second-order valence-electron chi connectivity index (χ2n) is 6.19. The van der Waals surface area contributed by atoms with Crippen LogP contribution in [0.4, 0.5) is 5.82 Å². The summed E-state index contributed by atoms with van der Waals surface area (Å²) in [5.74, 6) is 0.307. The molecule has 2 aromatic carbocycles. The van der Waals surface area contributed by atoms with Crippen molar-refractivity contribution >= 4 is 22.6 Å². The Morgan fingerprint density at radius 3 is 2.58 bits per heavy atom. The average molecular weight is 342 g/mol. The molecular formula is C21H18N4O. The molecule has 26 heavy (non-hydrogen) atoms. The monoisotopic (exact) mass is 342 g/mol. The number of aryl methyl sites for hydroxylation is 1. The number of anilines is 1. The second kappa shape index (κ2) is 6.44. The predicted octanol–water partition coefficient (Wildman–Crippen LogP) is 4.29. The van der Waals surface area contributed by atoms with Gasteiger partial charge in [0.15, 0.2) is 0 Å². The van der Waals surface area contributed by atoms with Gasteiger partial charge in [-0.1, -0.05) is 36.4 Å². The fourth-order valence-electron chi connectivity index (χ4n) is 3.00. The smallest absolute Gasteiger partial charge is 0.260 e. The largest absolute Gasteiger partial charge is 0.306 e. The van der Waals surface area contributed by atoms with Crippen LogP contribution in [0.2, 0.25) is 0 Å². The van der Waals surface area contributed by atoms with Crippen molar-refractivity contribution < 1.29 is 4.79 Å². The summed E-state index contributed by atoms with van der Waals surface area (Å²) >= 11 is 0. The molecule has 0 aliphatic heterocycles. The minimum atomic E-state index is -0.217. The molecule has 0 radical (unpaired) electrons. The van der Waals surface area contributed by atoms with Crippen molar-refractivity contribution in [3.8, 4) is 5.69 Å². The Kier molecular flexibility index (Phi) is 3.97. The van der Waals surface area contributed by atoms with Crippen LogP contribution in [0.3, 0.4) is 0 Å². The summed E-state index contributed by atoms with van der Waals surface area (Å²) in [6, 6.07) is 19.5. The normalized spacial score (nSPS) is 10.8. The number of rotatable bonds is 3. The summed E-state index contributed by atoms with van der Waals surface area (Å²) in [5, 5.41) is 8.30. The van der Waals surface area contributed by atoms with E-state index in [0.717, 1.165) is 27.8 Å². The van der Waals surface area contributed by atoms with Gasteiger partial charge >= 0.3 is 0 Å². The molecule has 0 saturated carbocycles. The van der Waals surface area contributed by atoms with E-state index >= 15 is 0 Å². The van der Waals surface area contributed by atoms with Crippen molar-refractivity contribution in [2.45, 2.75) is 13.8 Å². The van der Waals surface area contributed by atoms with E-state index in [-0.39, 0.29) is 5.91 Å². The molecule has 0 fully saturated rings. The highest BCUT2D eigenvalue weighted by Gasteiger charge is 2.16. The van der Waals surface area contributed by atoms with Crippen LogP contribution in [-0.2, 0) is 0 Å². The number of hydrogen-bond acceptors (Lipinski definition) is 3. The van der Waals surface area contributed by atoms with E-state index in [9.17, 15) is 4.79 Å². The highest BCUT2D eigenvalue weighted by atomic mass is 16.1. The fourth-order valence-corrected chi connectivity index (χ4v) is 3.00. The van der Waals surface area contributed by atoms with Crippen LogP contribution < -0.4 is 5.32 Å². The summed E-state index contributed by atoms with van der Waals surface area (Å²) in [4.78, 5) is 17.2. The van der Waals surface area contributed by atoms with Gasteiger partial charge in [-0.25, -0.2) is 9.67 Å². The number of para-hydroxylation sites is 2. The topological polar surface area (TPSA) is 59.8 Å². The van der Waals surface area contributed by atoms with Gasteiger partial charge in [-0.05, 0) is 43.7 Å². The second-order valence-corrected chi connectivity index (χ2v) is 6.19. The number of hydrogen-bond donors (Lipinski definition) is 1. The number of pyridine rings is 1. The predicted molar refractivity (Wildman–Crippen MR) is 103 cm³/mol. The number of nitrogens with zero attached hydrogens (tertiary/aromatic N) is 3. The van der Waals surface area contributed by atoms with Gasteiger partial charge in [-0.15, -0.1) is 0 Å². The Hall–Kier alpha value is -3.47. The fraction of sp³-hybridized carbons (Fsp3) is 0.0952. The third kappa shape index (κ3) is 2.84. The Labute approximate surface area is 151 Å². The van der Waals surface area contributed by atoms with Crippen LogP contribution in [0, 0.1) is 13.8 Å². The minimum Gasteiger partial charge on any atom is -0.306 e. The van der Waals surface area contributed by atoms with Gasteiger partial charge in [0.05, 0.1) is 28.7 Å². The third-order valence-electron chi connectivity index (χ3n) is 4.44. The van der Waals surface area contributed by atoms with Crippen molar-refractivity contribution in [3.05, 3.63) is 83.7 Å². The van der Waals surface area contributed by atoms with Crippen LogP contribution in [-0.4, -0.2) is 20.7 Å². The maximum absolute atomic E-state index is 12.7. The Morgan fingerprint density at radius 1 is 0.962 bits per heavy atom. The lowest BCUT2D eigenvalue weighted by molar-refractivity contribution is 0.102. The molecule has 0 spiro atoms. The van der Waals surface area contributed by atoms with Gasteiger partial charge in [0.1, 0.15) is 5.82 Å². The zero-order chi connectivity index (χ0) is 18.1. The van der Waals surface area contributed by atoms with E-state index in [0.29, 0.717) is 11.4 Å². The van der Waals surface area contributed by atoms with Gasteiger partial charge in [0.25, 0.3) is 5.91 Å². The summed E-state index contributed by atoms with van der Waals surface area (Å²) in [6.45, 7) is 3.91. The van der Waals surface area contributed by atoms with Gasteiger partial charge in [0, 0.05) is 5.39 Å². The van der Waals surface area contributed by atoms with Crippen molar-refractivity contribution in [2.75, 3.05) is 5.32 Å². The van der Waals surface area contributed by atoms with E-state index < -0.39 is 0 Å². The lowest BCUT2D eigenvalue weighted by Gasteiger charge is -2.09. The minimum absolute atomic E-state index is 0.217. The number of carbonyl (C=O) groups excluding carboxylic acids is 1. The molecule has 1 N–H and O–H groups in total. The van der Waals surface area contributed by atoms with Gasteiger partial charge < -0.3 is 5.32 Å². The zero-order valence-electron chi connectivity index (χ0n) is 14.6. The highest BCUT2D eigenvalue weighted by Crippen LogP contribution is 2.19. The van der Waals surface area contributed by atoms with Crippen molar-refractivity contribution in [1.82, 2.24) is 14.8 Å². The van der Waals surface area contributed by atoms with Crippen LogP contribution in [0.15, 0.2) is 66.9 Å². The van der Waals surface area contributed by atoms with E-state index in [1.807, 2.05) is 68.4 Å². The van der Waals surface area contributed by atoms with Crippen LogP contribution in [0.25, 0.3) is 16.6 Å². The van der Waals surface area contributed by atoms with Crippen LogP contribution in [0.1, 0.15) is 21.6 Å². The summed E-state index contributed by atoms with van der Waals surface area (Å²) in [7, 11) is 0. The number of benzene rings is 2. The molecular weight excluding hydrogens is 324 g/mol. The van der Waals surface area contributed by atoms with E-state index in [4.69, 9.17) is 0 Å². The SMILES string of the molecule is Cc1ccccc1-n1ncc(C(=O)Nc2ccc3ccccc3n2)c1C. The summed E-state index contributed by atoms with van der Waals surface area (Å²) in [5.41, 5.74) is 4.23. The molecule has 128 valence electrons. The molecule has 0 saturated heterocycles. The summed E-state index contributed by atoms with van der Waals surface area (Å²) < 4.78 is 1.79. The molecule has 0 bridgehead atoms.